The van der Waals surface area contributed by atoms with Crippen molar-refractivity contribution < 1.29 is 22.4 Å². The summed E-state index contributed by atoms with van der Waals surface area (Å²) >= 11 is 0. The van der Waals surface area contributed by atoms with Crippen molar-refractivity contribution >= 4 is 21.7 Å². The third kappa shape index (κ3) is 4.51. The van der Waals surface area contributed by atoms with Gasteiger partial charge < -0.3 is 15.2 Å². The second kappa shape index (κ2) is 8.89. The topological polar surface area (TPSA) is 133 Å². The average molecular weight is 502 g/mol. The molecule has 5 rings (SSSR count). The molecule has 3 aromatic rings. The number of nitrogens with one attached hydrogen (secondary N) is 2. The highest BCUT2D eigenvalue weighted by Crippen LogP contribution is 2.39. The van der Waals surface area contributed by atoms with Crippen LogP contribution in [0.1, 0.15) is 41.9 Å². The summed E-state index contributed by atoms with van der Waals surface area (Å²) in [4.78, 5) is 8.26. The number of rotatable bonds is 7. The zero-order chi connectivity index (χ0) is 27.3. The number of methoxy groups -OCH3 is 1. The van der Waals surface area contributed by atoms with Gasteiger partial charge in [0.15, 0.2) is 0 Å². The fraction of sp³-hybridized carbons (Fsp3) is 0.458. The first-order chi connectivity index (χ1) is 17.8. The number of anilines is 2. The highest BCUT2D eigenvalue weighted by atomic mass is 32.2. The number of ether oxygens (including phenoxy) is 1. The van der Waals surface area contributed by atoms with Gasteiger partial charge in [-0.05, 0) is 62.3 Å². The minimum absolute atomic E-state index is 0.0322. The molecule has 0 saturated carbocycles. The molecule has 2 aromatic heterocycles. The quantitative estimate of drug-likeness (QED) is 0.450. The predicted molar refractivity (Wildman–Crippen MR) is 131 cm³/mol. The fourth-order valence-electron chi connectivity index (χ4n) is 4.86. The summed E-state index contributed by atoms with van der Waals surface area (Å²) in [6.07, 6.45) is 4.74. The van der Waals surface area contributed by atoms with Gasteiger partial charge in [0, 0.05) is 36.8 Å². The first-order valence-electron chi connectivity index (χ1n) is 13.0. The van der Waals surface area contributed by atoms with Crippen LogP contribution in [-0.2, 0) is 22.9 Å². The van der Waals surface area contributed by atoms with Gasteiger partial charge in [-0.2, -0.15) is 9.29 Å². The number of aryl methyl sites for hydroxylation is 1. The monoisotopic (exact) mass is 501 g/mol. The van der Waals surface area contributed by atoms with Crippen LogP contribution < -0.4 is 10.1 Å². The Morgan fingerprint density at radius 2 is 2.17 bits per heavy atom. The van der Waals surface area contributed by atoms with Crippen LogP contribution in [0.2, 0.25) is 0 Å². The highest BCUT2D eigenvalue weighted by Gasteiger charge is 2.40. The van der Waals surface area contributed by atoms with Crippen molar-refractivity contribution in [3.63, 3.8) is 0 Å². The Hall–Kier alpha value is -3.02. The standard InChI is InChI=1S/C24H30N6O4S/c1-24(2,31)17-10-12-30(14-17)35(32,33)23-27-22(28-29-23)26-21-18-6-4-5-15(18)7-8-19(21)16-9-11-25-20(13-16)34-3/h7-9,11,13,17,31H,4-6,10,12,14H2,1-3H3,(H2,26,27,28,29)/t17-/m0/s1/i3D3. The Bertz CT molecular complexity index is 1450. The van der Waals surface area contributed by atoms with Crippen LogP contribution in [-0.4, -0.2) is 63.7 Å². The van der Waals surface area contributed by atoms with Crippen LogP contribution in [0.3, 0.4) is 0 Å². The van der Waals surface area contributed by atoms with E-state index in [1.54, 1.807) is 26.0 Å². The third-order valence-electron chi connectivity index (χ3n) is 6.87. The molecule has 3 N–H and O–H groups in total. The molecule has 10 nitrogen and oxygen atoms in total. The first-order valence-corrected chi connectivity index (χ1v) is 13.0. The van der Waals surface area contributed by atoms with Crippen molar-refractivity contribution in [3.05, 3.63) is 41.6 Å². The molecule has 1 fully saturated rings. The van der Waals surface area contributed by atoms with Crippen molar-refractivity contribution in [2.24, 2.45) is 5.92 Å². The molecule has 11 heteroatoms. The zero-order valence-corrected chi connectivity index (χ0v) is 20.4. The minimum Gasteiger partial charge on any atom is -0.481 e. The molecular formula is C24H30N6O4S. The van der Waals surface area contributed by atoms with E-state index in [0.29, 0.717) is 18.5 Å². The number of nitrogens with zero attached hydrogens (tertiary/aromatic N) is 4. The van der Waals surface area contributed by atoms with Crippen LogP contribution in [0.5, 0.6) is 5.88 Å². The number of H-pyrrole nitrogens is 1. The maximum atomic E-state index is 13.2. The van der Waals surface area contributed by atoms with E-state index in [0.717, 1.165) is 36.1 Å². The third-order valence-corrected chi connectivity index (χ3v) is 8.55. The van der Waals surface area contributed by atoms with E-state index in [-0.39, 0.29) is 29.4 Å². The minimum atomic E-state index is -3.93. The molecule has 0 unspecified atom stereocenters. The largest absolute Gasteiger partial charge is 0.481 e. The molecule has 3 heterocycles. The second-order valence-corrected chi connectivity index (χ2v) is 11.4. The lowest BCUT2D eigenvalue weighted by molar-refractivity contribution is 0.0236. The first kappa shape index (κ1) is 20.2. The van der Waals surface area contributed by atoms with Crippen LogP contribution in [0.25, 0.3) is 11.1 Å². The lowest BCUT2D eigenvalue weighted by Gasteiger charge is -2.25. The molecule has 1 aromatic carbocycles. The number of benzene rings is 1. The summed E-state index contributed by atoms with van der Waals surface area (Å²) in [6.45, 7) is 3.86. The molecule has 186 valence electrons. The molecule has 1 aliphatic heterocycles. The summed E-state index contributed by atoms with van der Waals surface area (Å²) < 4.78 is 54.8. The Morgan fingerprint density at radius 1 is 1.31 bits per heavy atom. The zero-order valence-electron chi connectivity index (χ0n) is 22.6. The van der Waals surface area contributed by atoms with Gasteiger partial charge in [0.05, 0.1) is 22.4 Å². The summed E-state index contributed by atoms with van der Waals surface area (Å²) in [6, 6.07) is 7.25. The average Bonchev–Trinajstić information content (AvgIpc) is 3.58. The van der Waals surface area contributed by atoms with E-state index in [9.17, 15) is 13.5 Å². The molecule has 2 aliphatic rings. The summed E-state index contributed by atoms with van der Waals surface area (Å²) in [5, 5.41) is 19.9. The number of aromatic nitrogens is 4. The molecule has 0 bridgehead atoms. The van der Waals surface area contributed by atoms with E-state index in [4.69, 9.17) is 8.85 Å². The molecule has 0 radical (unpaired) electrons. The Balaban J connectivity index is 1.45. The van der Waals surface area contributed by atoms with Gasteiger partial charge in [0.2, 0.25) is 11.8 Å². The van der Waals surface area contributed by atoms with E-state index in [2.05, 4.69) is 25.5 Å². The van der Waals surface area contributed by atoms with Crippen molar-refractivity contribution in [1.82, 2.24) is 24.5 Å². The smallest absolute Gasteiger partial charge is 0.278 e. The number of hydrogen-bond acceptors (Lipinski definition) is 8. The lowest BCUT2D eigenvalue weighted by Crippen LogP contribution is -2.35. The van der Waals surface area contributed by atoms with Crippen LogP contribution in [0, 0.1) is 5.92 Å². The lowest BCUT2D eigenvalue weighted by atomic mass is 9.91. The molecule has 1 aliphatic carbocycles. The normalized spacial score (nSPS) is 20.2. The van der Waals surface area contributed by atoms with E-state index in [1.165, 1.54) is 16.1 Å². The van der Waals surface area contributed by atoms with Crippen molar-refractivity contribution in [1.29, 1.82) is 0 Å². The van der Waals surface area contributed by atoms with E-state index < -0.39 is 22.7 Å². The van der Waals surface area contributed by atoms with E-state index in [1.807, 2.05) is 12.1 Å². The number of fused-ring (bicyclic) bond motifs is 1. The van der Waals surface area contributed by atoms with Gasteiger partial charge in [0.1, 0.15) is 0 Å². The van der Waals surface area contributed by atoms with Gasteiger partial charge in [-0.25, -0.2) is 18.5 Å². The van der Waals surface area contributed by atoms with Crippen molar-refractivity contribution in [2.45, 2.75) is 50.3 Å². The number of aromatic amines is 1. The maximum Gasteiger partial charge on any atom is 0.278 e. The molecule has 1 saturated heterocycles. The van der Waals surface area contributed by atoms with Crippen LogP contribution in [0.15, 0.2) is 35.6 Å². The van der Waals surface area contributed by atoms with Crippen LogP contribution in [0.4, 0.5) is 11.6 Å². The van der Waals surface area contributed by atoms with Crippen molar-refractivity contribution in [3.8, 4) is 17.0 Å². The number of sulfonamides is 1. The maximum absolute atomic E-state index is 13.2. The molecule has 0 spiro atoms. The molecule has 1 atom stereocenters. The van der Waals surface area contributed by atoms with Crippen LogP contribution >= 0.6 is 0 Å². The number of hydrogen-bond donors (Lipinski definition) is 3. The Labute approximate surface area is 209 Å². The number of pyridine rings is 1. The van der Waals surface area contributed by atoms with Gasteiger partial charge in [-0.1, -0.05) is 12.1 Å². The summed E-state index contributed by atoms with van der Waals surface area (Å²) in [5.41, 5.74) is 3.41. The van der Waals surface area contributed by atoms with Crippen molar-refractivity contribution in [2.75, 3.05) is 25.4 Å². The fourth-order valence-corrected chi connectivity index (χ4v) is 6.19. The second-order valence-electron chi connectivity index (χ2n) is 9.56. The summed E-state index contributed by atoms with van der Waals surface area (Å²) in [5.74, 6) is -0.113. The molecular weight excluding hydrogens is 468 g/mol. The number of aliphatic hydroxyl groups is 1. The molecule has 35 heavy (non-hydrogen) atoms. The predicted octanol–water partition coefficient (Wildman–Crippen LogP) is 2.89. The van der Waals surface area contributed by atoms with Gasteiger partial charge in [-0.3, -0.25) is 0 Å². The summed E-state index contributed by atoms with van der Waals surface area (Å²) in [7, 11) is -6.56. The molecule has 0 amide bonds. The van der Waals surface area contributed by atoms with Gasteiger partial charge in [-0.15, -0.1) is 5.10 Å². The highest BCUT2D eigenvalue weighted by molar-refractivity contribution is 7.89. The SMILES string of the molecule is [2H]C([2H])([2H])Oc1cc(-c2ccc3c(c2Nc2n[nH]c(S(=O)(=O)N4CC[C@H](C(C)(C)O)C4)n2)CCC3)ccn1. The van der Waals surface area contributed by atoms with Gasteiger partial charge in [0.25, 0.3) is 15.2 Å². The Kier molecular flexibility index (Phi) is 5.13. The van der Waals surface area contributed by atoms with Gasteiger partial charge >= 0.3 is 0 Å². The van der Waals surface area contributed by atoms with E-state index >= 15 is 0 Å². The Morgan fingerprint density at radius 3 is 2.94 bits per heavy atom.